The van der Waals surface area contributed by atoms with Gasteiger partial charge in [-0.25, -0.2) is 9.78 Å². The highest BCUT2D eigenvalue weighted by Crippen LogP contribution is 2.39. The minimum absolute atomic E-state index is 0.194. The summed E-state index contributed by atoms with van der Waals surface area (Å²) in [4.78, 5) is 14.4. The van der Waals surface area contributed by atoms with Crippen molar-refractivity contribution in [2.75, 3.05) is 0 Å². The van der Waals surface area contributed by atoms with Crippen LogP contribution >= 0.6 is 11.6 Å². The molecule has 0 saturated heterocycles. The Morgan fingerprint density at radius 1 is 1.35 bits per heavy atom. The zero-order valence-corrected chi connectivity index (χ0v) is 9.19. The number of carboxylic acid groups (broad SMARTS) is 1. The van der Waals surface area contributed by atoms with Gasteiger partial charge < -0.3 is 5.11 Å². The van der Waals surface area contributed by atoms with Crippen molar-refractivity contribution >= 4 is 17.6 Å². The van der Waals surface area contributed by atoms with E-state index in [0.717, 1.165) is 0 Å². The van der Waals surface area contributed by atoms with Crippen molar-refractivity contribution in [2.45, 2.75) is 25.4 Å². The first kappa shape index (κ1) is 12.2. The summed E-state index contributed by atoms with van der Waals surface area (Å²) in [5.41, 5.74) is -1.24. The van der Waals surface area contributed by atoms with Gasteiger partial charge in [-0.15, -0.1) is 0 Å². The van der Waals surface area contributed by atoms with Crippen LogP contribution in [0.1, 0.15) is 33.7 Å². The molecule has 0 bridgehead atoms. The van der Waals surface area contributed by atoms with E-state index >= 15 is 0 Å². The van der Waals surface area contributed by atoms with Gasteiger partial charge in [0, 0.05) is 5.69 Å². The van der Waals surface area contributed by atoms with E-state index in [1.165, 1.54) is 0 Å². The molecule has 92 valence electrons. The van der Waals surface area contributed by atoms with E-state index in [9.17, 15) is 18.0 Å². The Labute approximate surface area is 99.2 Å². The monoisotopic (exact) mass is 265 g/mol. The largest absolute Gasteiger partial charge is 0.478 e. The second-order valence-corrected chi connectivity index (χ2v) is 4.11. The summed E-state index contributed by atoms with van der Waals surface area (Å²) in [5, 5.41) is 8.13. The summed E-state index contributed by atoms with van der Waals surface area (Å²) in [6, 6.07) is 0. The van der Waals surface area contributed by atoms with Crippen LogP contribution in [0.3, 0.4) is 0 Å². The molecule has 0 spiro atoms. The number of hydrogen-bond donors (Lipinski definition) is 1. The third-order valence-corrected chi connectivity index (χ3v) is 3.02. The first-order valence-electron chi connectivity index (χ1n) is 4.84. The standard InChI is InChI=1S/C10H7ClF3NO2/c11-7-6(9(16)17)4-2-1-3-5(4)15-8(7)10(12,13)14/h1-3H2,(H,16,17). The fourth-order valence-electron chi connectivity index (χ4n) is 1.97. The highest BCUT2D eigenvalue weighted by atomic mass is 35.5. The van der Waals surface area contributed by atoms with Gasteiger partial charge in [-0.05, 0) is 24.8 Å². The molecule has 0 fully saturated rings. The van der Waals surface area contributed by atoms with Crippen molar-refractivity contribution in [3.8, 4) is 0 Å². The molecule has 2 rings (SSSR count). The third kappa shape index (κ3) is 1.97. The fourth-order valence-corrected chi connectivity index (χ4v) is 2.31. The van der Waals surface area contributed by atoms with Gasteiger partial charge in [-0.2, -0.15) is 13.2 Å². The molecule has 0 aromatic carbocycles. The Kier molecular flexibility index (Phi) is 2.77. The molecule has 3 nitrogen and oxygen atoms in total. The minimum atomic E-state index is -4.74. The number of carbonyl (C=O) groups is 1. The molecule has 1 aliphatic rings. The highest BCUT2D eigenvalue weighted by Gasteiger charge is 2.39. The lowest BCUT2D eigenvalue weighted by Gasteiger charge is -2.13. The zero-order valence-electron chi connectivity index (χ0n) is 8.44. The van der Waals surface area contributed by atoms with Gasteiger partial charge >= 0.3 is 12.1 Å². The van der Waals surface area contributed by atoms with Crippen molar-refractivity contribution in [3.05, 3.63) is 27.5 Å². The predicted molar refractivity (Wildman–Crippen MR) is 53.2 cm³/mol. The SMILES string of the molecule is O=C(O)c1c(Cl)c(C(F)(F)F)nc2c1CCC2. The first-order chi connectivity index (χ1) is 7.82. The van der Waals surface area contributed by atoms with Gasteiger partial charge in [0.05, 0.1) is 10.6 Å². The van der Waals surface area contributed by atoms with Gasteiger partial charge in [0.25, 0.3) is 0 Å². The number of pyridine rings is 1. The van der Waals surface area contributed by atoms with E-state index in [1.807, 2.05) is 0 Å². The van der Waals surface area contributed by atoms with Crippen LogP contribution in [0.2, 0.25) is 5.02 Å². The van der Waals surface area contributed by atoms with E-state index in [-0.39, 0.29) is 5.69 Å². The Morgan fingerprint density at radius 2 is 2.00 bits per heavy atom. The number of aromatic nitrogens is 1. The van der Waals surface area contributed by atoms with Crippen LogP contribution in [0.5, 0.6) is 0 Å². The van der Waals surface area contributed by atoms with Crippen molar-refractivity contribution in [2.24, 2.45) is 0 Å². The Hall–Kier alpha value is -1.30. The molecule has 1 heterocycles. The number of hydrogen-bond acceptors (Lipinski definition) is 2. The van der Waals surface area contributed by atoms with Crippen LogP contribution < -0.4 is 0 Å². The maximum Gasteiger partial charge on any atom is 0.434 e. The van der Waals surface area contributed by atoms with Gasteiger partial charge in [0.1, 0.15) is 0 Å². The van der Waals surface area contributed by atoms with Crippen molar-refractivity contribution in [1.29, 1.82) is 0 Å². The number of fused-ring (bicyclic) bond motifs is 1. The molecule has 0 saturated carbocycles. The molecule has 1 aromatic rings. The summed E-state index contributed by atoms with van der Waals surface area (Å²) < 4.78 is 37.9. The molecule has 7 heteroatoms. The van der Waals surface area contributed by atoms with E-state index in [0.29, 0.717) is 24.8 Å². The smallest absolute Gasteiger partial charge is 0.434 e. The summed E-state index contributed by atoms with van der Waals surface area (Å²) in [7, 11) is 0. The van der Waals surface area contributed by atoms with Gasteiger partial charge in [0.15, 0.2) is 5.69 Å². The van der Waals surface area contributed by atoms with Gasteiger partial charge in [0.2, 0.25) is 0 Å². The van der Waals surface area contributed by atoms with Crippen LogP contribution in [0.15, 0.2) is 0 Å². The number of halogens is 4. The molecule has 0 radical (unpaired) electrons. The van der Waals surface area contributed by atoms with Crippen LogP contribution in [-0.4, -0.2) is 16.1 Å². The normalized spacial score (nSPS) is 14.8. The lowest BCUT2D eigenvalue weighted by atomic mass is 10.1. The average Bonchev–Trinajstić information content (AvgIpc) is 2.61. The van der Waals surface area contributed by atoms with E-state index in [2.05, 4.69) is 4.98 Å². The number of alkyl halides is 3. The number of rotatable bonds is 1. The minimum Gasteiger partial charge on any atom is -0.478 e. The summed E-state index contributed by atoms with van der Waals surface area (Å²) in [6.45, 7) is 0. The second-order valence-electron chi connectivity index (χ2n) is 3.73. The topological polar surface area (TPSA) is 50.2 Å². The van der Waals surface area contributed by atoms with E-state index in [4.69, 9.17) is 16.7 Å². The maximum absolute atomic E-state index is 12.6. The molecule has 17 heavy (non-hydrogen) atoms. The van der Waals surface area contributed by atoms with Crippen molar-refractivity contribution < 1.29 is 23.1 Å². The molecule has 1 aromatic heterocycles. The van der Waals surface area contributed by atoms with Gasteiger partial charge in [-0.3, -0.25) is 0 Å². The maximum atomic E-state index is 12.6. The van der Waals surface area contributed by atoms with Crippen LogP contribution in [0.25, 0.3) is 0 Å². The average molecular weight is 266 g/mol. The molecule has 0 unspecified atom stereocenters. The van der Waals surface area contributed by atoms with Crippen LogP contribution in [0.4, 0.5) is 13.2 Å². The lowest BCUT2D eigenvalue weighted by Crippen LogP contribution is -2.15. The Morgan fingerprint density at radius 3 is 2.53 bits per heavy atom. The fraction of sp³-hybridized carbons (Fsp3) is 0.400. The third-order valence-electron chi connectivity index (χ3n) is 2.65. The number of carboxylic acids is 1. The molecule has 0 aliphatic heterocycles. The molecule has 1 N–H and O–H groups in total. The molecular weight excluding hydrogens is 259 g/mol. The number of aromatic carboxylic acids is 1. The van der Waals surface area contributed by atoms with E-state index < -0.39 is 28.4 Å². The molecule has 0 atom stereocenters. The predicted octanol–water partition coefficient (Wildman–Crippen LogP) is 2.94. The highest BCUT2D eigenvalue weighted by molar-refractivity contribution is 6.34. The first-order valence-corrected chi connectivity index (χ1v) is 5.22. The quantitative estimate of drug-likeness (QED) is 0.849. The Balaban J connectivity index is 2.74. The zero-order chi connectivity index (χ0) is 12.8. The number of aryl methyl sites for hydroxylation is 1. The van der Waals surface area contributed by atoms with E-state index in [1.54, 1.807) is 0 Å². The van der Waals surface area contributed by atoms with Crippen LogP contribution in [-0.2, 0) is 19.0 Å². The molecule has 1 aliphatic carbocycles. The van der Waals surface area contributed by atoms with Gasteiger partial charge in [-0.1, -0.05) is 11.6 Å². The Bertz CT molecular complexity index is 499. The summed E-state index contributed by atoms with van der Waals surface area (Å²) in [6.07, 6.45) is -3.38. The van der Waals surface area contributed by atoms with Crippen molar-refractivity contribution in [1.82, 2.24) is 4.98 Å². The van der Waals surface area contributed by atoms with Crippen molar-refractivity contribution in [3.63, 3.8) is 0 Å². The van der Waals surface area contributed by atoms with Crippen LogP contribution in [0, 0.1) is 0 Å². The molecular formula is C10H7ClF3NO2. The summed E-state index contributed by atoms with van der Waals surface area (Å²) >= 11 is 5.51. The summed E-state index contributed by atoms with van der Waals surface area (Å²) in [5.74, 6) is -1.44. The lowest BCUT2D eigenvalue weighted by molar-refractivity contribution is -0.141. The molecule has 0 amide bonds. The number of nitrogens with zero attached hydrogens (tertiary/aromatic N) is 1. The second kappa shape index (κ2) is 3.87.